The van der Waals surface area contributed by atoms with Gasteiger partial charge in [0.05, 0.1) is 5.75 Å². The van der Waals surface area contributed by atoms with E-state index in [2.05, 4.69) is 5.32 Å². The zero-order chi connectivity index (χ0) is 11.3. The SMILES string of the molecule is CCNC(=O)CSc1ccc(F)c(F)c1. The van der Waals surface area contributed by atoms with Gasteiger partial charge in [0.15, 0.2) is 11.6 Å². The van der Waals surface area contributed by atoms with Crippen LogP contribution >= 0.6 is 11.8 Å². The zero-order valence-corrected chi connectivity index (χ0v) is 9.04. The van der Waals surface area contributed by atoms with Gasteiger partial charge in [-0.2, -0.15) is 0 Å². The monoisotopic (exact) mass is 231 g/mol. The minimum absolute atomic E-state index is 0.118. The average molecular weight is 231 g/mol. The average Bonchev–Trinajstić information content (AvgIpc) is 2.20. The van der Waals surface area contributed by atoms with Crippen LogP contribution in [0.5, 0.6) is 0 Å². The van der Waals surface area contributed by atoms with E-state index in [1.807, 2.05) is 6.92 Å². The van der Waals surface area contributed by atoms with Crippen molar-refractivity contribution in [2.75, 3.05) is 12.3 Å². The van der Waals surface area contributed by atoms with Gasteiger partial charge in [0.25, 0.3) is 0 Å². The van der Waals surface area contributed by atoms with Crippen molar-refractivity contribution in [3.63, 3.8) is 0 Å². The number of carbonyl (C=O) groups excluding carboxylic acids is 1. The predicted molar refractivity (Wildman–Crippen MR) is 55.8 cm³/mol. The van der Waals surface area contributed by atoms with Crippen molar-refractivity contribution in [2.45, 2.75) is 11.8 Å². The molecule has 2 nitrogen and oxygen atoms in total. The van der Waals surface area contributed by atoms with Gasteiger partial charge < -0.3 is 5.32 Å². The van der Waals surface area contributed by atoms with Crippen LogP contribution in [0.25, 0.3) is 0 Å². The Morgan fingerprint density at radius 1 is 1.40 bits per heavy atom. The quantitative estimate of drug-likeness (QED) is 0.805. The Balaban J connectivity index is 2.51. The van der Waals surface area contributed by atoms with Crippen molar-refractivity contribution in [1.82, 2.24) is 5.32 Å². The summed E-state index contributed by atoms with van der Waals surface area (Å²) in [6.45, 7) is 2.39. The number of benzene rings is 1. The van der Waals surface area contributed by atoms with Crippen LogP contribution in [0.2, 0.25) is 0 Å². The van der Waals surface area contributed by atoms with Crippen molar-refractivity contribution < 1.29 is 13.6 Å². The summed E-state index contributed by atoms with van der Waals surface area (Å²) in [5.74, 6) is -1.68. The van der Waals surface area contributed by atoms with Gasteiger partial charge in [-0.3, -0.25) is 4.79 Å². The van der Waals surface area contributed by atoms with Crippen molar-refractivity contribution in [1.29, 1.82) is 0 Å². The molecule has 0 aromatic heterocycles. The van der Waals surface area contributed by atoms with Gasteiger partial charge in [0.1, 0.15) is 0 Å². The summed E-state index contributed by atoms with van der Waals surface area (Å²) in [6.07, 6.45) is 0. The standard InChI is InChI=1S/C10H11F2NOS/c1-2-13-10(14)6-15-7-3-4-8(11)9(12)5-7/h3-5H,2,6H2,1H3,(H,13,14). The Bertz CT molecular complexity index is 357. The van der Waals surface area contributed by atoms with Crippen LogP contribution in [0.4, 0.5) is 8.78 Å². The van der Waals surface area contributed by atoms with Crippen LogP contribution in [0.1, 0.15) is 6.92 Å². The van der Waals surface area contributed by atoms with Gasteiger partial charge in [0, 0.05) is 11.4 Å². The Morgan fingerprint density at radius 2 is 2.13 bits per heavy atom. The number of carbonyl (C=O) groups is 1. The minimum atomic E-state index is -0.893. The first-order chi connectivity index (χ1) is 7.13. The van der Waals surface area contributed by atoms with E-state index in [0.717, 1.165) is 12.1 Å². The van der Waals surface area contributed by atoms with E-state index in [-0.39, 0.29) is 11.7 Å². The van der Waals surface area contributed by atoms with E-state index in [0.29, 0.717) is 11.4 Å². The lowest BCUT2D eigenvalue weighted by Crippen LogP contribution is -2.24. The van der Waals surface area contributed by atoms with Gasteiger partial charge in [-0.15, -0.1) is 11.8 Å². The van der Waals surface area contributed by atoms with Crippen molar-refractivity contribution in [2.24, 2.45) is 0 Å². The van der Waals surface area contributed by atoms with Crippen molar-refractivity contribution >= 4 is 17.7 Å². The Labute approximate surface area is 91.1 Å². The molecule has 82 valence electrons. The summed E-state index contributed by atoms with van der Waals surface area (Å²) in [7, 11) is 0. The highest BCUT2D eigenvalue weighted by Crippen LogP contribution is 2.19. The first-order valence-electron chi connectivity index (χ1n) is 4.48. The van der Waals surface area contributed by atoms with E-state index >= 15 is 0 Å². The molecule has 0 heterocycles. The molecule has 15 heavy (non-hydrogen) atoms. The second-order valence-corrected chi connectivity index (χ2v) is 3.87. The number of thioether (sulfide) groups is 1. The molecule has 0 radical (unpaired) electrons. The van der Waals surface area contributed by atoms with E-state index in [9.17, 15) is 13.6 Å². The van der Waals surface area contributed by atoms with Gasteiger partial charge >= 0.3 is 0 Å². The third kappa shape index (κ3) is 3.87. The molecule has 0 atom stereocenters. The summed E-state index contributed by atoms with van der Waals surface area (Å²) < 4.78 is 25.3. The molecule has 1 N–H and O–H groups in total. The summed E-state index contributed by atoms with van der Waals surface area (Å²) in [6, 6.07) is 3.58. The van der Waals surface area contributed by atoms with Crippen LogP contribution < -0.4 is 5.32 Å². The van der Waals surface area contributed by atoms with Crippen LogP contribution in [-0.4, -0.2) is 18.2 Å². The highest BCUT2D eigenvalue weighted by molar-refractivity contribution is 8.00. The molecule has 0 fully saturated rings. The van der Waals surface area contributed by atoms with Crippen LogP contribution in [0.3, 0.4) is 0 Å². The fraction of sp³-hybridized carbons (Fsp3) is 0.300. The second kappa shape index (κ2) is 5.70. The number of amides is 1. The Hall–Kier alpha value is -1.10. The van der Waals surface area contributed by atoms with Gasteiger partial charge in [-0.05, 0) is 25.1 Å². The number of hydrogen-bond acceptors (Lipinski definition) is 2. The van der Waals surface area contributed by atoms with Gasteiger partial charge in [-0.1, -0.05) is 0 Å². The lowest BCUT2D eigenvalue weighted by atomic mass is 10.3. The van der Waals surface area contributed by atoms with E-state index in [1.54, 1.807) is 0 Å². The molecule has 0 aliphatic carbocycles. The fourth-order valence-electron chi connectivity index (χ4n) is 0.964. The largest absolute Gasteiger partial charge is 0.356 e. The van der Waals surface area contributed by atoms with Crippen LogP contribution in [-0.2, 0) is 4.79 Å². The summed E-state index contributed by atoms with van der Waals surface area (Å²) in [5, 5.41) is 2.61. The molecule has 0 unspecified atom stereocenters. The Morgan fingerprint density at radius 3 is 2.73 bits per heavy atom. The third-order valence-electron chi connectivity index (χ3n) is 1.63. The number of nitrogens with one attached hydrogen (secondary N) is 1. The molecule has 0 spiro atoms. The molecule has 0 aliphatic heterocycles. The molecule has 0 bridgehead atoms. The maximum Gasteiger partial charge on any atom is 0.230 e. The molecular formula is C10H11F2NOS. The first kappa shape index (κ1) is 12.0. The first-order valence-corrected chi connectivity index (χ1v) is 5.46. The van der Waals surface area contributed by atoms with E-state index in [4.69, 9.17) is 0 Å². The molecule has 1 rings (SSSR count). The minimum Gasteiger partial charge on any atom is -0.356 e. The maximum absolute atomic E-state index is 12.8. The van der Waals surface area contributed by atoms with Crippen LogP contribution in [0, 0.1) is 11.6 Å². The molecule has 0 saturated carbocycles. The summed E-state index contributed by atoms with van der Waals surface area (Å²) >= 11 is 1.17. The molecule has 1 aromatic rings. The van der Waals surface area contributed by atoms with E-state index in [1.165, 1.54) is 17.8 Å². The van der Waals surface area contributed by atoms with Crippen molar-refractivity contribution in [3.05, 3.63) is 29.8 Å². The molecule has 0 aliphatic rings. The van der Waals surface area contributed by atoms with E-state index < -0.39 is 11.6 Å². The Kier molecular flexibility index (Phi) is 4.55. The summed E-state index contributed by atoms with van der Waals surface area (Å²) in [4.78, 5) is 11.6. The molecule has 1 amide bonds. The zero-order valence-electron chi connectivity index (χ0n) is 8.22. The fourth-order valence-corrected chi connectivity index (χ4v) is 1.71. The molecule has 0 saturated heterocycles. The highest BCUT2D eigenvalue weighted by atomic mass is 32.2. The smallest absolute Gasteiger partial charge is 0.230 e. The highest BCUT2D eigenvalue weighted by Gasteiger charge is 2.05. The maximum atomic E-state index is 12.8. The lowest BCUT2D eigenvalue weighted by molar-refractivity contribution is -0.118. The number of hydrogen-bond donors (Lipinski definition) is 1. The van der Waals surface area contributed by atoms with Gasteiger partial charge in [0.2, 0.25) is 5.91 Å². The normalized spacial score (nSPS) is 10.1. The van der Waals surface area contributed by atoms with Crippen LogP contribution in [0.15, 0.2) is 23.1 Å². The molecule has 1 aromatic carbocycles. The third-order valence-corrected chi connectivity index (χ3v) is 2.63. The number of rotatable bonds is 4. The lowest BCUT2D eigenvalue weighted by Gasteiger charge is -2.02. The second-order valence-electron chi connectivity index (χ2n) is 2.82. The summed E-state index contributed by atoms with van der Waals surface area (Å²) in [5.41, 5.74) is 0. The molecular weight excluding hydrogens is 220 g/mol. The topological polar surface area (TPSA) is 29.1 Å². The number of halogens is 2. The van der Waals surface area contributed by atoms with Gasteiger partial charge in [-0.25, -0.2) is 8.78 Å². The molecule has 5 heteroatoms. The predicted octanol–water partition coefficient (Wildman–Crippen LogP) is 2.19. The van der Waals surface area contributed by atoms with Crippen molar-refractivity contribution in [3.8, 4) is 0 Å².